The normalized spacial score (nSPS) is 12.5. The Balaban J connectivity index is 1.84. The van der Waals surface area contributed by atoms with E-state index in [1.54, 1.807) is 0 Å². The highest BCUT2D eigenvalue weighted by Gasteiger charge is 2.27. The van der Waals surface area contributed by atoms with Gasteiger partial charge in [-0.2, -0.15) is 0 Å². The van der Waals surface area contributed by atoms with Crippen molar-refractivity contribution >= 4 is 32.6 Å². The van der Waals surface area contributed by atoms with E-state index in [0.29, 0.717) is 0 Å². The van der Waals surface area contributed by atoms with E-state index < -0.39 is 0 Å². The van der Waals surface area contributed by atoms with Crippen molar-refractivity contribution in [2.75, 3.05) is 0 Å². The van der Waals surface area contributed by atoms with Crippen LogP contribution < -0.4 is 4.74 Å². The van der Waals surface area contributed by atoms with Gasteiger partial charge in [0, 0.05) is 17.1 Å². The summed E-state index contributed by atoms with van der Waals surface area (Å²) >= 11 is 0. The van der Waals surface area contributed by atoms with Crippen molar-refractivity contribution in [3.05, 3.63) is 66.9 Å². The second kappa shape index (κ2) is 4.15. The molecule has 0 bridgehead atoms. The zero-order valence-electron chi connectivity index (χ0n) is 12.6. The molecular formula is C21H11NO2. The van der Waals surface area contributed by atoms with E-state index in [2.05, 4.69) is 23.2 Å². The molecule has 0 radical (unpaired) electrons. The first-order valence-corrected chi connectivity index (χ1v) is 7.90. The number of para-hydroxylation sites is 1. The highest BCUT2D eigenvalue weighted by molar-refractivity contribution is 6.15. The van der Waals surface area contributed by atoms with Crippen LogP contribution in [-0.2, 0) is 0 Å². The van der Waals surface area contributed by atoms with Gasteiger partial charge < -0.3 is 9.15 Å². The average Bonchev–Trinajstić information content (AvgIpc) is 3.01. The van der Waals surface area contributed by atoms with Gasteiger partial charge in [0.15, 0.2) is 11.5 Å². The molecule has 24 heavy (non-hydrogen) atoms. The van der Waals surface area contributed by atoms with E-state index in [0.717, 1.165) is 55.5 Å². The molecule has 112 valence electrons. The molecule has 3 aromatic carbocycles. The predicted molar refractivity (Wildman–Crippen MR) is 94.5 cm³/mol. The van der Waals surface area contributed by atoms with E-state index in [4.69, 9.17) is 9.15 Å². The van der Waals surface area contributed by atoms with Crippen LogP contribution in [0.3, 0.4) is 0 Å². The zero-order valence-corrected chi connectivity index (χ0v) is 12.6. The van der Waals surface area contributed by atoms with Gasteiger partial charge >= 0.3 is 0 Å². The fraction of sp³-hybridized carbons (Fsp3) is 0. The monoisotopic (exact) mass is 309 g/mol. The maximum Gasteiger partial charge on any atom is 0.181 e. The Morgan fingerprint density at radius 3 is 2.62 bits per heavy atom. The summed E-state index contributed by atoms with van der Waals surface area (Å²) in [5.74, 6) is 2.41. The second-order valence-corrected chi connectivity index (χ2v) is 6.04. The van der Waals surface area contributed by atoms with Crippen LogP contribution in [0.2, 0.25) is 0 Å². The van der Waals surface area contributed by atoms with Crippen LogP contribution in [0.25, 0.3) is 44.0 Å². The molecule has 6 rings (SSSR count). The number of aromatic nitrogens is 1. The van der Waals surface area contributed by atoms with Gasteiger partial charge in [0.05, 0.1) is 16.3 Å². The Kier molecular flexibility index (Phi) is 2.10. The van der Waals surface area contributed by atoms with Crippen molar-refractivity contribution in [1.82, 2.24) is 4.98 Å². The lowest BCUT2D eigenvalue weighted by Crippen LogP contribution is -1.96. The Labute approximate surface area is 137 Å². The molecule has 1 aliphatic heterocycles. The van der Waals surface area contributed by atoms with E-state index in [1.165, 1.54) is 0 Å². The van der Waals surface area contributed by atoms with Crippen LogP contribution in [0.15, 0.2) is 71.3 Å². The first kappa shape index (κ1) is 12.1. The lowest BCUT2D eigenvalue weighted by Gasteiger charge is -2.18. The third-order valence-electron chi connectivity index (χ3n) is 4.71. The van der Waals surface area contributed by atoms with Gasteiger partial charge in [0.1, 0.15) is 11.3 Å². The van der Waals surface area contributed by atoms with Crippen molar-refractivity contribution in [3.8, 4) is 22.8 Å². The van der Waals surface area contributed by atoms with Gasteiger partial charge in [-0.3, -0.25) is 4.98 Å². The highest BCUT2D eigenvalue weighted by atomic mass is 16.5. The van der Waals surface area contributed by atoms with Crippen LogP contribution in [0.4, 0.5) is 0 Å². The zero-order chi connectivity index (χ0) is 15.7. The summed E-state index contributed by atoms with van der Waals surface area (Å²) in [7, 11) is 0. The fourth-order valence-corrected chi connectivity index (χ4v) is 3.65. The molecule has 3 nitrogen and oxygen atoms in total. The number of hydrogen-bond donors (Lipinski definition) is 0. The number of ether oxygens (including phenoxy) is 1. The summed E-state index contributed by atoms with van der Waals surface area (Å²) in [6.45, 7) is 0. The summed E-state index contributed by atoms with van der Waals surface area (Å²) in [6, 6.07) is 20.3. The molecule has 0 saturated heterocycles. The van der Waals surface area contributed by atoms with Crippen LogP contribution in [0.5, 0.6) is 11.5 Å². The maximum atomic E-state index is 6.28. The topological polar surface area (TPSA) is 35.3 Å². The van der Waals surface area contributed by atoms with Gasteiger partial charge in [-0.05, 0) is 29.7 Å². The minimum absolute atomic E-state index is 0.784. The third kappa shape index (κ3) is 1.39. The number of benzene rings is 3. The summed E-state index contributed by atoms with van der Waals surface area (Å²) < 4.78 is 12.4. The van der Waals surface area contributed by atoms with Crippen molar-refractivity contribution in [1.29, 1.82) is 0 Å². The second-order valence-electron chi connectivity index (χ2n) is 6.04. The molecule has 0 spiro atoms. The van der Waals surface area contributed by atoms with Crippen LogP contribution >= 0.6 is 0 Å². The standard InChI is InChI=1S/C21H11NO2/c1-2-6-13-12(5-1)11-17-18-15(9-10-22-19(13)18)21-20(24-17)14-7-3-4-8-16(14)23-21/h1-11H. The Morgan fingerprint density at radius 1 is 0.833 bits per heavy atom. The van der Waals surface area contributed by atoms with Gasteiger partial charge in [0.2, 0.25) is 0 Å². The summed E-state index contributed by atoms with van der Waals surface area (Å²) in [5.41, 5.74) is 2.83. The number of nitrogens with zero attached hydrogens (tertiary/aromatic N) is 1. The Bertz CT molecular complexity index is 1280. The number of hydrogen-bond acceptors (Lipinski definition) is 3. The number of rotatable bonds is 0. The van der Waals surface area contributed by atoms with Crippen molar-refractivity contribution < 1.29 is 9.15 Å². The van der Waals surface area contributed by atoms with Crippen molar-refractivity contribution in [2.45, 2.75) is 0 Å². The Morgan fingerprint density at radius 2 is 1.67 bits per heavy atom. The molecule has 1 aliphatic rings. The van der Waals surface area contributed by atoms with Gasteiger partial charge in [-0.1, -0.05) is 36.4 Å². The van der Waals surface area contributed by atoms with Crippen LogP contribution in [0, 0.1) is 0 Å². The summed E-state index contributed by atoms with van der Waals surface area (Å²) in [6.07, 6.45) is 1.84. The molecule has 5 aromatic rings. The third-order valence-corrected chi connectivity index (χ3v) is 4.71. The van der Waals surface area contributed by atoms with E-state index >= 15 is 0 Å². The van der Waals surface area contributed by atoms with E-state index in [-0.39, 0.29) is 0 Å². The molecule has 0 unspecified atom stereocenters. The lowest BCUT2D eigenvalue weighted by atomic mass is 9.98. The summed E-state index contributed by atoms with van der Waals surface area (Å²) in [4.78, 5) is 4.62. The minimum atomic E-state index is 0.784. The number of furan rings is 1. The number of fused-ring (bicyclic) bond motifs is 6. The first-order chi connectivity index (χ1) is 11.9. The van der Waals surface area contributed by atoms with E-state index in [1.807, 2.05) is 48.7 Å². The quantitative estimate of drug-likeness (QED) is 0.327. The predicted octanol–water partition coefficient (Wildman–Crippen LogP) is 5.91. The minimum Gasteiger partial charge on any atom is -0.452 e. The summed E-state index contributed by atoms with van der Waals surface area (Å²) in [5, 5.41) is 4.26. The SMILES string of the molecule is c1ccc2c(c1)cc1c3c(ccnc32)-c2oc3ccccc3c2O1. The molecule has 0 fully saturated rings. The highest BCUT2D eigenvalue weighted by Crippen LogP contribution is 2.51. The smallest absolute Gasteiger partial charge is 0.181 e. The first-order valence-electron chi connectivity index (χ1n) is 7.90. The maximum absolute atomic E-state index is 6.28. The molecule has 3 heteroatoms. The van der Waals surface area contributed by atoms with Crippen molar-refractivity contribution in [3.63, 3.8) is 0 Å². The van der Waals surface area contributed by atoms with E-state index in [9.17, 15) is 0 Å². The average molecular weight is 309 g/mol. The molecule has 3 heterocycles. The molecule has 2 aromatic heterocycles. The van der Waals surface area contributed by atoms with Crippen LogP contribution in [-0.4, -0.2) is 4.98 Å². The molecule has 0 amide bonds. The Hall–Kier alpha value is -3.33. The largest absolute Gasteiger partial charge is 0.452 e. The lowest BCUT2D eigenvalue weighted by molar-refractivity contribution is 0.478. The molecular weight excluding hydrogens is 298 g/mol. The van der Waals surface area contributed by atoms with Gasteiger partial charge in [0.25, 0.3) is 0 Å². The fourth-order valence-electron chi connectivity index (χ4n) is 3.65. The van der Waals surface area contributed by atoms with Gasteiger partial charge in [-0.15, -0.1) is 0 Å². The molecule has 0 aliphatic carbocycles. The molecule has 0 N–H and O–H groups in total. The van der Waals surface area contributed by atoms with Crippen LogP contribution in [0.1, 0.15) is 0 Å². The molecule has 0 atom stereocenters. The molecule has 0 saturated carbocycles. The van der Waals surface area contributed by atoms with Gasteiger partial charge in [-0.25, -0.2) is 0 Å². The van der Waals surface area contributed by atoms with Crippen molar-refractivity contribution in [2.24, 2.45) is 0 Å². The number of pyridine rings is 1.